The van der Waals surface area contributed by atoms with Crippen molar-refractivity contribution in [2.45, 2.75) is 51.5 Å². The van der Waals surface area contributed by atoms with Crippen LogP contribution >= 0.6 is 0 Å². The van der Waals surface area contributed by atoms with Crippen LogP contribution in [-0.4, -0.2) is 26.5 Å². The van der Waals surface area contributed by atoms with E-state index in [-0.39, 0.29) is 0 Å². The van der Waals surface area contributed by atoms with E-state index in [1.165, 1.54) is 29.5 Å². The number of benzene rings is 1. The second-order valence-corrected chi connectivity index (χ2v) is 9.46. The molecule has 0 aromatic heterocycles. The van der Waals surface area contributed by atoms with Gasteiger partial charge in [-0.1, -0.05) is 32.0 Å². The van der Waals surface area contributed by atoms with E-state index in [1.54, 1.807) is 0 Å². The third kappa shape index (κ3) is 3.54. The van der Waals surface area contributed by atoms with Gasteiger partial charge in [-0.3, -0.25) is 0 Å². The van der Waals surface area contributed by atoms with E-state index in [0.29, 0.717) is 29.4 Å². The quantitative estimate of drug-likeness (QED) is 0.926. The summed E-state index contributed by atoms with van der Waals surface area (Å²) in [5.41, 5.74) is 4.31. The summed E-state index contributed by atoms with van der Waals surface area (Å²) >= 11 is 0. The van der Waals surface area contributed by atoms with Crippen molar-refractivity contribution >= 4 is 9.84 Å². The number of nitrogens with one attached hydrogen (secondary N) is 1. The molecule has 1 heterocycles. The minimum atomic E-state index is -2.77. The fraction of sp³-hybridized carbons (Fsp3) is 0.667. The highest BCUT2D eigenvalue weighted by Crippen LogP contribution is 2.32. The lowest BCUT2D eigenvalue weighted by Gasteiger charge is -2.28. The lowest BCUT2D eigenvalue weighted by Crippen LogP contribution is -2.30. The van der Waals surface area contributed by atoms with Gasteiger partial charge in [-0.25, -0.2) is 8.42 Å². The Kier molecular flexibility index (Phi) is 4.60. The molecule has 1 aliphatic carbocycles. The van der Waals surface area contributed by atoms with Gasteiger partial charge < -0.3 is 5.32 Å². The molecule has 22 heavy (non-hydrogen) atoms. The van der Waals surface area contributed by atoms with Gasteiger partial charge in [0.15, 0.2) is 9.84 Å². The number of hydrogen-bond donors (Lipinski definition) is 1. The van der Waals surface area contributed by atoms with Crippen molar-refractivity contribution in [2.24, 2.45) is 5.92 Å². The third-order valence-corrected chi connectivity index (χ3v) is 6.97. The van der Waals surface area contributed by atoms with Crippen molar-refractivity contribution in [2.75, 3.05) is 18.1 Å². The van der Waals surface area contributed by atoms with Crippen LogP contribution in [0.15, 0.2) is 18.2 Å². The molecule has 2 aliphatic rings. The predicted molar refractivity (Wildman–Crippen MR) is 91.0 cm³/mol. The molecular formula is C18H27NO2S. The summed E-state index contributed by atoms with van der Waals surface area (Å²) in [6, 6.07) is 7.31. The number of aryl methyl sites for hydroxylation is 1. The number of fused-ring (bicyclic) bond motifs is 1. The zero-order valence-corrected chi connectivity index (χ0v) is 14.5. The Morgan fingerprint density at radius 2 is 2.09 bits per heavy atom. The number of hydrogen-bond acceptors (Lipinski definition) is 3. The summed E-state index contributed by atoms with van der Waals surface area (Å²) in [5.74, 6) is 1.58. The van der Waals surface area contributed by atoms with Crippen LogP contribution in [0.3, 0.4) is 0 Å². The molecule has 3 rings (SSSR count). The van der Waals surface area contributed by atoms with Gasteiger partial charge in [0.05, 0.1) is 11.5 Å². The number of rotatable bonds is 4. The van der Waals surface area contributed by atoms with E-state index in [4.69, 9.17) is 0 Å². The molecule has 1 saturated heterocycles. The zero-order valence-electron chi connectivity index (χ0n) is 13.6. The minimum Gasteiger partial charge on any atom is -0.310 e. The SMILES string of the molecule is CC(C)c1ccc2c(c1)[C@H](NC[C@H]1CCS(=O)(=O)C1)CCC2. The third-order valence-electron chi connectivity index (χ3n) is 5.13. The van der Waals surface area contributed by atoms with Gasteiger partial charge in [-0.05, 0) is 60.8 Å². The van der Waals surface area contributed by atoms with Crippen molar-refractivity contribution in [3.8, 4) is 0 Å². The molecule has 1 N–H and O–H groups in total. The van der Waals surface area contributed by atoms with Gasteiger partial charge in [0.2, 0.25) is 0 Å². The van der Waals surface area contributed by atoms with Crippen LogP contribution in [0.1, 0.15) is 61.8 Å². The Hall–Kier alpha value is -0.870. The second-order valence-electron chi connectivity index (χ2n) is 7.24. The van der Waals surface area contributed by atoms with Crippen molar-refractivity contribution in [3.05, 3.63) is 34.9 Å². The molecule has 0 unspecified atom stereocenters. The first-order chi connectivity index (χ1) is 10.4. The average Bonchev–Trinajstić information content (AvgIpc) is 2.83. The van der Waals surface area contributed by atoms with Crippen molar-refractivity contribution < 1.29 is 8.42 Å². The van der Waals surface area contributed by atoms with Crippen LogP contribution in [0.4, 0.5) is 0 Å². The minimum absolute atomic E-state index is 0.295. The summed E-state index contributed by atoms with van der Waals surface area (Å²) in [4.78, 5) is 0. The molecule has 1 aromatic rings. The average molecular weight is 321 g/mol. The zero-order chi connectivity index (χ0) is 15.7. The maximum atomic E-state index is 11.6. The van der Waals surface area contributed by atoms with Crippen LogP contribution in [0.25, 0.3) is 0 Å². The highest BCUT2D eigenvalue weighted by molar-refractivity contribution is 7.91. The molecule has 0 spiro atoms. The molecule has 1 fully saturated rings. The van der Waals surface area contributed by atoms with Gasteiger partial charge in [0.1, 0.15) is 0 Å². The molecule has 3 nitrogen and oxygen atoms in total. The molecule has 1 aliphatic heterocycles. The predicted octanol–water partition coefficient (Wildman–Crippen LogP) is 3.21. The summed E-state index contributed by atoms with van der Waals surface area (Å²) in [5, 5.41) is 3.66. The first kappa shape index (κ1) is 16.0. The van der Waals surface area contributed by atoms with Crippen molar-refractivity contribution in [1.82, 2.24) is 5.32 Å². The van der Waals surface area contributed by atoms with E-state index in [0.717, 1.165) is 19.4 Å². The van der Waals surface area contributed by atoms with Gasteiger partial charge in [-0.2, -0.15) is 0 Å². The van der Waals surface area contributed by atoms with Crippen LogP contribution in [-0.2, 0) is 16.3 Å². The summed E-state index contributed by atoms with van der Waals surface area (Å²) in [7, 11) is -2.77. The normalized spacial score (nSPS) is 27.0. The highest BCUT2D eigenvalue weighted by atomic mass is 32.2. The largest absolute Gasteiger partial charge is 0.310 e. The fourth-order valence-corrected chi connectivity index (χ4v) is 5.59. The van der Waals surface area contributed by atoms with E-state index in [2.05, 4.69) is 37.4 Å². The Morgan fingerprint density at radius 1 is 1.27 bits per heavy atom. The monoisotopic (exact) mass is 321 g/mol. The van der Waals surface area contributed by atoms with Crippen LogP contribution in [0.5, 0.6) is 0 Å². The maximum absolute atomic E-state index is 11.6. The molecule has 0 amide bonds. The summed E-state index contributed by atoms with van der Waals surface area (Å²) < 4.78 is 23.2. The van der Waals surface area contributed by atoms with E-state index < -0.39 is 9.84 Å². The molecule has 4 heteroatoms. The van der Waals surface area contributed by atoms with Gasteiger partial charge in [-0.15, -0.1) is 0 Å². The summed E-state index contributed by atoms with van der Waals surface area (Å²) in [6.45, 7) is 5.29. The fourth-order valence-electron chi connectivity index (χ4n) is 3.73. The standard InChI is InChI=1S/C18H27NO2S/c1-13(2)16-7-6-15-4-3-5-18(17(15)10-16)19-11-14-8-9-22(20,21)12-14/h6-7,10,13-14,18-19H,3-5,8-9,11-12H2,1-2H3/t14-,18-/m1/s1. The molecule has 0 bridgehead atoms. The highest BCUT2D eigenvalue weighted by Gasteiger charge is 2.29. The second kappa shape index (κ2) is 6.32. The maximum Gasteiger partial charge on any atom is 0.150 e. The molecule has 0 radical (unpaired) electrons. The molecule has 1 aromatic carbocycles. The van der Waals surface area contributed by atoms with E-state index in [1.807, 2.05) is 0 Å². The molecule has 122 valence electrons. The number of sulfone groups is 1. The smallest absolute Gasteiger partial charge is 0.150 e. The van der Waals surface area contributed by atoms with Crippen LogP contribution in [0.2, 0.25) is 0 Å². The lowest BCUT2D eigenvalue weighted by atomic mass is 9.85. The van der Waals surface area contributed by atoms with Crippen LogP contribution in [0, 0.1) is 5.92 Å². The lowest BCUT2D eigenvalue weighted by molar-refractivity contribution is 0.417. The Bertz CT molecular complexity index is 636. The first-order valence-corrected chi connectivity index (χ1v) is 10.3. The van der Waals surface area contributed by atoms with Gasteiger partial charge in [0, 0.05) is 6.04 Å². The van der Waals surface area contributed by atoms with Gasteiger partial charge >= 0.3 is 0 Å². The summed E-state index contributed by atoms with van der Waals surface area (Å²) in [6.07, 6.45) is 4.37. The molecule has 0 saturated carbocycles. The van der Waals surface area contributed by atoms with Gasteiger partial charge in [0.25, 0.3) is 0 Å². The molecule has 2 atom stereocenters. The van der Waals surface area contributed by atoms with Crippen LogP contribution < -0.4 is 5.32 Å². The van der Waals surface area contributed by atoms with Crippen molar-refractivity contribution in [3.63, 3.8) is 0 Å². The topological polar surface area (TPSA) is 46.2 Å². The van der Waals surface area contributed by atoms with E-state index >= 15 is 0 Å². The van der Waals surface area contributed by atoms with E-state index in [9.17, 15) is 8.42 Å². The Morgan fingerprint density at radius 3 is 2.77 bits per heavy atom. The first-order valence-electron chi connectivity index (χ1n) is 8.51. The Balaban J connectivity index is 1.70. The molecular weight excluding hydrogens is 294 g/mol. The van der Waals surface area contributed by atoms with Crippen molar-refractivity contribution in [1.29, 1.82) is 0 Å². The Labute approximate surface area is 134 Å².